The monoisotopic (exact) mass is 397 g/mol. The predicted molar refractivity (Wildman–Crippen MR) is 104 cm³/mol. The van der Waals surface area contributed by atoms with Crippen LogP contribution in [-0.4, -0.2) is 25.5 Å². The number of hydrogen-bond acceptors (Lipinski definition) is 4. The van der Waals surface area contributed by atoms with E-state index in [0.29, 0.717) is 27.8 Å². The van der Waals surface area contributed by atoms with Crippen LogP contribution in [0.15, 0.2) is 61.1 Å². The molecule has 0 radical (unpaired) electrons. The maximum atomic E-state index is 12.6. The third kappa shape index (κ3) is 3.49. The first kappa shape index (κ1) is 17.5. The van der Waals surface area contributed by atoms with E-state index >= 15 is 0 Å². The van der Waals surface area contributed by atoms with Gasteiger partial charge in [-0.1, -0.05) is 35.3 Å². The summed E-state index contributed by atoms with van der Waals surface area (Å²) >= 11 is 12.1. The van der Waals surface area contributed by atoms with Crippen molar-refractivity contribution in [1.82, 2.24) is 24.9 Å². The van der Waals surface area contributed by atoms with Crippen LogP contribution in [0.4, 0.5) is 0 Å². The second-order valence-electron chi connectivity index (χ2n) is 5.76. The molecule has 0 spiro atoms. The molecule has 0 saturated heterocycles. The number of aromatic nitrogens is 4. The highest BCUT2D eigenvalue weighted by Gasteiger charge is 2.16. The summed E-state index contributed by atoms with van der Waals surface area (Å²) in [6, 6.07) is 12.6. The van der Waals surface area contributed by atoms with E-state index in [9.17, 15) is 4.79 Å². The van der Waals surface area contributed by atoms with Crippen LogP contribution in [-0.2, 0) is 6.54 Å². The summed E-state index contributed by atoms with van der Waals surface area (Å²) < 4.78 is 1.61. The van der Waals surface area contributed by atoms with Crippen molar-refractivity contribution in [3.63, 3.8) is 0 Å². The largest absolute Gasteiger partial charge is 0.346 e. The number of rotatable bonds is 4. The van der Waals surface area contributed by atoms with E-state index in [0.717, 1.165) is 17.0 Å². The summed E-state index contributed by atoms with van der Waals surface area (Å²) in [5, 5.41) is 8.08. The fraction of sp³-hybridized carbons (Fsp3) is 0.0526. The number of fused-ring (bicyclic) bond motifs is 1. The molecule has 1 N–H and O–H groups in total. The molecular formula is C19H13Cl2N5O. The van der Waals surface area contributed by atoms with Crippen molar-refractivity contribution in [1.29, 1.82) is 0 Å². The third-order valence-electron chi connectivity index (χ3n) is 4.02. The quantitative estimate of drug-likeness (QED) is 0.564. The van der Waals surface area contributed by atoms with Crippen LogP contribution < -0.4 is 5.32 Å². The zero-order chi connectivity index (χ0) is 18.8. The van der Waals surface area contributed by atoms with Crippen molar-refractivity contribution in [3.8, 4) is 11.3 Å². The van der Waals surface area contributed by atoms with Crippen molar-refractivity contribution < 1.29 is 4.79 Å². The van der Waals surface area contributed by atoms with E-state index in [1.54, 1.807) is 35.1 Å². The van der Waals surface area contributed by atoms with Crippen molar-refractivity contribution in [2.24, 2.45) is 0 Å². The Morgan fingerprint density at radius 1 is 1.04 bits per heavy atom. The van der Waals surface area contributed by atoms with E-state index in [-0.39, 0.29) is 5.91 Å². The average molecular weight is 398 g/mol. The molecule has 1 aromatic carbocycles. The summed E-state index contributed by atoms with van der Waals surface area (Å²) in [6.07, 6.45) is 4.81. The van der Waals surface area contributed by atoms with Crippen molar-refractivity contribution in [2.75, 3.05) is 0 Å². The molecule has 0 aliphatic carbocycles. The van der Waals surface area contributed by atoms with Crippen LogP contribution in [0.3, 0.4) is 0 Å². The number of carbonyl (C=O) groups is 1. The van der Waals surface area contributed by atoms with Gasteiger partial charge < -0.3 is 5.32 Å². The maximum absolute atomic E-state index is 12.6. The molecular weight excluding hydrogens is 385 g/mol. The van der Waals surface area contributed by atoms with Gasteiger partial charge in [-0.25, -0.2) is 9.50 Å². The van der Waals surface area contributed by atoms with Crippen LogP contribution >= 0.6 is 23.2 Å². The van der Waals surface area contributed by atoms with Gasteiger partial charge in [0.2, 0.25) is 0 Å². The molecule has 3 heterocycles. The Morgan fingerprint density at radius 2 is 1.93 bits per heavy atom. The summed E-state index contributed by atoms with van der Waals surface area (Å²) in [5.41, 5.74) is 3.18. The molecule has 8 heteroatoms. The summed E-state index contributed by atoms with van der Waals surface area (Å²) in [5.74, 6) is -0.269. The topological polar surface area (TPSA) is 72.2 Å². The standard InChI is InChI=1S/C19H13Cl2N5O/c20-15-5-4-12(9-16(15)21)17-6-8-23-18-14(11-25-26(17)18)19(27)24-10-13-3-1-2-7-22-13/h1-9,11H,10H2,(H,24,27). The Hall–Kier alpha value is -2.96. The Labute approximate surface area is 164 Å². The highest BCUT2D eigenvalue weighted by atomic mass is 35.5. The Morgan fingerprint density at radius 3 is 2.70 bits per heavy atom. The number of carbonyl (C=O) groups excluding carboxylic acids is 1. The van der Waals surface area contributed by atoms with Crippen LogP contribution in [0.1, 0.15) is 16.1 Å². The summed E-state index contributed by atoms with van der Waals surface area (Å²) in [7, 11) is 0. The van der Waals surface area contributed by atoms with Gasteiger partial charge in [0.15, 0.2) is 5.65 Å². The number of amides is 1. The molecule has 0 unspecified atom stereocenters. The van der Waals surface area contributed by atoms with Gasteiger partial charge in [-0.2, -0.15) is 5.10 Å². The average Bonchev–Trinajstić information content (AvgIpc) is 3.13. The fourth-order valence-electron chi connectivity index (χ4n) is 2.69. The van der Waals surface area contributed by atoms with Gasteiger partial charge >= 0.3 is 0 Å². The number of halogens is 2. The lowest BCUT2D eigenvalue weighted by molar-refractivity contribution is 0.0952. The molecule has 0 fully saturated rings. The summed E-state index contributed by atoms with van der Waals surface area (Å²) in [6.45, 7) is 0.323. The van der Waals surface area contributed by atoms with Crippen LogP contribution in [0.2, 0.25) is 10.0 Å². The zero-order valence-electron chi connectivity index (χ0n) is 13.9. The second-order valence-corrected chi connectivity index (χ2v) is 6.57. The highest BCUT2D eigenvalue weighted by molar-refractivity contribution is 6.42. The number of pyridine rings is 1. The fourth-order valence-corrected chi connectivity index (χ4v) is 2.99. The van der Waals surface area contributed by atoms with Crippen molar-refractivity contribution >= 4 is 34.8 Å². The highest BCUT2D eigenvalue weighted by Crippen LogP contribution is 2.28. The molecule has 3 aromatic heterocycles. The molecule has 0 saturated carbocycles. The Kier molecular flexibility index (Phi) is 4.75. The van der Waals surface area contributed by atoms with Crippen molar-refractivity contribution in [2.45, 2.75) is 6.54 Å². The molecule has 4 rings (SSSR count). The molecule has 0 atom stereocenters. The van der Waals surface area contributed by atoms with E-state index in [2.05, 4.69) is 20.4 Å². The third-order valence-corrected chi connectivity index (χ3v) is 4.76. The van der Waals surface area contributed by atoms with Gasteiger partial charge in [0, 0.05) is 18.0 Å². The van der Waals surface area contributed by atoms with E-state index in [4.69, 9.17) is 23.2 Å². The lowest BCUT2D eigenvalue weighted by atomic mass is 10.1. The first-order chi connectivity index (χ1) is 13.1. The lowest BCUT2D eigenvalue weighted by Crippen LogP contribution is -2.23. The smallest absolute Gasteiger partial charge is 0.257 e. The molecule has 0 aliphatic heterocycles. The molecule has 4 aromatic rings. The molecule has 0 aliphatic rings. The zero-order valence-corrected chi connectivity index (χ0v) is 15.4. The Balaban J connectivity index is 1.66. The molecule has 0 bridgehead atoms. The van der Waals surface area contributed by atoms with Crippen LogP contribution in [0.25, 0.3) is 16.9 Å². The molecule has 6 nitrogen and oxygen atoms in total. The predicted octanol–water partition coefficient (Wildman–Crippen LogP) is 4.03. The molecule has 27 heavy (non-hydrogen) atoms. The van der Waals surface area contributed by atoms with Gasteiger partial charge in [-0.3, -0.25) is 9.78 Å². The van der Waals surface area contributed by atoms with Crippen LogP contribution in [0, 0.1) is 0 Å². The van der Waals surface area contributed by atoms with Crippen molar-refractivity contribution in [3.05, 3.63) is 82.4 Å². The Bertz CT molecular complexity index is 1130. The second kappa shape index (κ2) is 7.34. The number of benzene rings is 1. The summed E-state index contributed by atoms with van der Waals surface area (Å²) in [4.78, 5) is 21.1. The number of hydrogen-bond donors (Lipinski definition) is 1. The number of nitrogens with zero attached hydrogens (tertiary/aromatic N) is 4. The van der Waals surface area contributed by atoms with Gasteiger partial charge in [-0.05, 0) is 30.3 Å². The van der Waals surface area contributed by atoms with E-state index in [1.165, 1.54) is 6.20 Å². The molecule has 134 valence electrons. The minimum atomic E-state index is -0.269. The number of nitrogens with one attached hydrogen (secondary N) is 1. The van der Waals surface area contributed by atoms with Gasteiger partial charge in [0.25, 0.3) is 5.91 Å². The van der Waals surface area contributed by atoms with E-state index < -0.39 is 0 Å². The first-order valence-corrected chi connectivity index (χ1v) is 8.85. The van der Waals surface area contributed by atoms with Gasteiger partial charge in [0.05, 0.1) is 34.2 Å². The first-order valence-electron chi connectivity index (χ1n) is 8.10. The van der Waals surface area contributed by atoms with Gasteiger partial charge in [0.1, 0.15) is 5.56 Å². The normalized spacial score (nSPS) is 10.9. The van der Waals surface area contributed by atoms with E-state index in [1.807, 2.05) is 24.3 Å². The SMILES string of the molecule is O=C(NCc1ccccn1)c1cnn2c(-c3ccc(Cl)c(Cl)c3)ccnc12. The van der Waals surface area contributed by atoms with Crippen LogP contribution in [0.5, 0.6) is 0 Å². The van der Waals surface area contributed by atoms with Gasteiger partial charge in [-0.15, -0.1) is 0 Å². The maximum Gasteiger partial charge on any atom is 0.257 e. The minimum absolute atomic E-state index is 0.269. The lowest BCUT2D eigenvalue weighted by Gasteiger charge is -2.07. The molecule has 1 amide bonds. The minimum Gasteiger partial charge on any atom is -0.346 e.